The number of fused-ring (bicyclic) bond motifs is 3. The van der Waals surface area contributed by atoms with Crippen molar-refractivity contribution in [2.24, 2.45) is 5.92 Å². The van der Waals surface area contributed by atoms with Crippen molar-refractivity contribution in [3.05, 3.63) is 23.0 Å². The molecular weight excluding hydrogens is 416 g/mol. The van der Waals surface area contributed by atoms with E-state index in [2.05, 4.69) is 4.98 Å². The fourth-order valence-electron chi connectivity index (χ4n) is 4.14. The second kappa shape index (κ2) is 6.86. The first-order valence-electron chi connectivity index (χ1n) is 9.21. The molecule has 0 saturated heterocycles. The lowest BCUT2D eigenvalue weighted by atomic mass is 10.0. The lowest BCUT2D eigenvalue weighted by Crippen LogP contribution is -2.63. The van der Waals surface area contributed by atoms with Crippen LogP contribution in [0, 0.1) is 11.7 Å². The summed E-state index contributed by atoms with van der Waals surface area (Å²) in [5.74, 6) is -3.41. The predicted octanol–water partition coefficient (Wildman–Crippen LogP) is 4.08. The number of imidazole rings is 1. The van der Waals surface area contributed by atoms with Crippen molar-refractivity contribution < 1.29 is 27.2 Å². The van der Waals surface area contributed by atoms with Crippen LogP contribution in [-0.2, 0) is 15.3 Å². The molecule has 1 unspecified atom stereocenters. The summed E-state index contributed by atoms with van der Waals surface area (Å²) in [6.07, 6.45) is -0.883. The highest BCUT2D eigenvalue weighted by molar-refractivity contribution is 6.35. The number of hydrogen-bond donors (Lipinski definition) is 2. The minimum absolute atomic E-state index is 0.132. The van der Waals surface area contributed by atoms with Gasteiger partial charge in [0.05, 0.1) is 5.52 Å². The molecule has 1 atom stereocenters. The monoisotopic (exact) mass is 432 g/mol. The number of halogens is 5. The molecule has 2 aliphatic rings. The summed E-state index contributed by atoms with van der Waals surface area (Å²) < 4.78 is 56.8. The second-order valence-electron chi connectivity index (χ2n) is 7.40. The third-order valence-corrected chi connectivity index (χ3v) is 5.95. The van der Waals surface area contributed by atoms with Crippen molar-refractivity contribution in [1.29, 1.82) is 0 Å². The molecule has 4 rings (SSSR count). The Balaban J connectivity index is 1.74. The first-order valence-corrected chi connectivity index (χ1v) is 9.59. The van der Waals surface area contributed by atoms with E-state index < -0.39 is 40.4 Å². The Bertz CT molecular complexity index is 1000. The van der Waals surface area contributed by atoms with E-state index in [4.69, 9.17) is 11.6 Å². The molecule has 2 N–H and O–H groups in total. The molecule has 6 nitrogen and oxygen atoms in total. The van der Waals surface area contributed by atoms with Crippen LogP contribution in [0.4, 0.5) is 23.5 Å². The third-order valence-electron chi connectivity index (χ3n) is 5.59. The highest BCUT2D eigenvalue weighted by Gasteiger charge is 2.67. The molecule has 1 aromatic heterocycles. The predicted molar refractivity (Wildman–Crippen MR) is 96.7 cm³/mol. The largest absolute Gasteiger partial charge is 0.440 e. The molecule has 1 aliphatic carbocycles. The normalized spacial score (nSPS) is 22.2. The van der Waals surface area contributed by atoms with E-state index in [0.717, 1.165) is 37.8 Å². The Labute approximate surface area is 167 Å². The smallest absolute Gasteiger partial charge is 0.317 e. The Hall–Kier alpha value is -2.36. The van der Waals surface area contributed by atoms with Crippen LogP contribution in [0.5, 0.6) is 0 Å². The lowest BCUT2D eigenvalue weighted by Gasteiger charge is -2.32. The molecule has 2 aromatic rings. The van der Waals surface area contributed by atoms with Crippen LogP contribution in [0.2, 0.25) is 5.02 Å². The molecule has 2 amide bonds. The van der Waals surface area contributed by atoms with Gasteiger partial charge in [-0.2, -0.15) is 13.2 Å². The van der Waals surface area contributed by atoms with Crippen LogP contribution in [0.15, 0.2) is 12.1 Å². The number of rotatable bonds is 4. The topological polar surface area (TPSA) is 76.0 Å². The molecule has 1 aliphatic heterocycles. The molecular formula is C18H17ClF4N4O2. The zero-order chi connectivity index (χ0) is 21.0. The summed E-state index contributed by atoms with van der Waals surface area (Å²) in [6.45, 7) is 0. The maximum absolute atomic E-state index is 14.2. The summed E-state index contributed by atoms with van der Waals surface area (Å²) in [6, 6.07) is 1.92. The highest BCUT2D eigenvalue weighted by Crippen LogP contribution is 2.45. The molecule has 2 heterocycles. The first kappa shape index (κ1) is 19.9. The van der Waals surface area contributed by atoms with Gasteiger partial charge in [-0.05, 0) is 24.5 Å². The van der Waals surface area contributed by atoms with Crippen LogP contribution in [0.3, 0.4) is 0 Å². The van der Waals surface area contributed by atoms with E-state index in [1.807, 2.05) is 10.6 Å². The summed E-state index contributed by atoms with van der Waals surface area (Å²) in [7, 11) is 0. The summed E-state index contributed by atoms with van der Waals surface area (Å²) in [5, 5.41) is 3.45. The van der Waals surface area contributed by atoms with Crippen molar-refractivity contribution in [2.75, 3.05) is 5.32 Å². The van der Waals surface area contributed by atoms with Crippen LogP contribution < -0.4 is 10.6 Å². The average molecular weight is 433 g/mol. The number of aromatic nitrogens is 2. The van der Waals surface area contributed by atoms with Gasteiger partial charge in [0.25, 0.3) is 11.6 Å². The number of benzene rings is 1. The molecule has 0 radical (unpaired) electrons. The first-order chi connectivity index (χ1) is 13.6. The number of carbonyl (C=O) groups is 2. The quantitative estimate of drug-likeness (QED) is 0.715. The lowest BCUT2D eigenvalue weighted by molar-refractivity contribution is -0.217. The Kier molecular flexibility index (Phi) is 4.71. The molecule has 156 valence electrons. The Morgan fingerprint density at radius 2 is 2.03 bits per heavy atom. The Morgan fingerprint density at radius 3 is 2.69 bits per heavy atom. The third kappa shape index (κ3) is 3.04. The van der Waals surface area contributed by atoms with E-state index in [1.54, 1.807) is 0 Å². The number of alkyl halides is 3. The molecule has 0 spiro atoms. The van der Waals surface area contributed by atoms with Crippen molar-refractivity contribution in [1.82, 2.24) is 14.9 Å². The molecule has 1 aromatic carbocycles. The van der Waals surface area contributed by atoms with Crippen molar-refractivity contribution in [3.8, 4) is 0 Å². The van der Waals surface area contributed by atoms with E-state index in [1.165, 1.54) is 0 Å². The highest BCUT2D eigenvalue weighted by atomic mass is 35.5. The SMILES string of the molecule is O=C(CCC1CCCC1)NC1(C(F)(F)F)C(=O)Nc2nc3c(Cl)c(F)ccc3n21. The molecule has 1 saturated carbocycles. The maximum Gasteiger partial charge on any atom is 0.440 e. The molecule has 0 bridgehead atoms. The number of nitrogens with one attached hydrogen (secondary N) is 2. The van der Waals surface area contributed by atoms with Crippen LogP contribution in [0.25, 0.3) is 11.0 Å². The average Bonchev–Trinajstić information content (AvgIpc) is 3.33. The second-order valence-corrected chi connectivity index (χ2v) is 7.78. The van der Waals surface area contributed by atoms with Gasteiger partial charge in [0, 0.05) is 6.42 Å². The van der Waals surface area contributed by atoms with Gasteiger partial charge in [-0.15, -0.1) is 0 Å². The molecule has 1 fully saturated rings. The fourth-order valence-corrected chi connectivity index (χ4v) is 4.34. The van der Waals surface area contributed by atoms with E-state index >= 15 is 0 Å². The standard InChI is InChI=1S/C18H17ClF4N4O2/c19-13-10(20)6-7-11-14(13)24-16-25-15(29)17(27(11)16,18(21,22)23)26-12(28)8-5-9-3-1-2-4-9/h6-7,9H,1-5,8H2,(H,26,28)(H,24,25,29). The van der Waals surface area contributed by atoms with Gasteiger partial charge < -0.3 is 5.32 Å². The maximum atomic E-state index is 14.2. The summed E-state index contributed by atoms with van der Waals surface area (Å²) in [4.78, 5) is 28.7. The van der Waals surface area contributed by atoms with Crippen LogP contribution in [0.1, 0.15) is 38.5 Å². The summed E-state index contributed by atoms with van der Waals surface area (Å²) >= 11 is 5.83. The number of amides is 2. The van der Waals surface area contributed by atoms with Crippen LogP contribution >= 0.6 is 11.6 Å². The Morgan fingerprint density at radius 1 is 1.34 bits per heavy atom. The number of carbonyl (C=O) groups excluding carboxylic acids is 2. The van der Waals surface area contributed by atoms with Crippen LogP contribution in [-0.4, -0.2) is 27.5 Å². The van der Waals surface area contributed by atoms with Gasteiger partial charge >= 0.3 is 6.18 Å². The van der Waals surface area contributed by atoms with Gasteiger partial charge in [0.1, 0.15) is 16.4 Å². The van der Waals surface area contributed by atoms with Crippen molar-refractivity contribution >= 4 is 40.4 Å². The zero-order valence-corrected chi connectivity index (χ0v) is 15.8. The van der Waals surface area contributed by atoms with E-state index in [-0.39, 0.29) is 17.5 Å². The minimum Gasteiger partial charge on any atom is -0.317 e. The van der Waals surface area contributed by atoms with E-state index in [0.29, 0.717) is 16.9 Å². The number of hydrogen-bond acceptors (Lipinski definition) is 3. The van der Waals surface area contributed by atoms with Crippen molar-refractivity contribution in [3.63, 3.8) is 0 Å². The van der Waals surface area contributed by atoms with Gasteiger partial charge in [0.2, 0.25) is 11.9 Å². The summed E-state index contributed by atoms with van der Waals surface area (Å²) in [5.41, 5.74) is -3.85. The number of anilines is 1. The molecule has 29 heavy (non-hydrogen) atoms. The zero-order valence-electron chi connectivity index (χ0n) is 15.1. The van der Waals surface area contributed by atoms with Gasteiger partial charge in [-0.3, -0.25) is 19.5 Å². The fraction of sp³-hybridized carbons (Fsp3) is 0.500. The van der Waals surface area contributed by atoms with E-state index in [9.17, 15) is 27.2 Å². The van der Waals surface area contributed by atoms with Gasteiger partial charge in [-0.1, -0.05) is 37.3 Å². The number of nitrogens with zero attached hydrogens (tertiary/aromatic N) is 2. The van der Waals surface area contributed by atoms with Crippen molar-refractivity contribution in [2.45, 2.75) is 50.4 Å². The molecule has 11 heteroatoms. The van der Waals surface area contributed by atoms with Gasteiger partial charge in [-0.25, -0.2) is 9.37 Å². The van der Waals surface area contributed by atoms with Gasteiger partial charge in [0.15, 0.2) is 0 Å². The minimum atomic E-state index is -5.18.